The molecule has 1 aromatic heterocycles. The molecule has 0 aliphatic carbocycles. The standard InChI is InChI=1S/C24H16ClN3O2/c25-19-13-11-16(12-14-19)15-20-21(29)28-23(26-20)27-22(30)24(28,17-7-3-1-4-8-17)18-9-5-2-6-10-18/h1-15H,(H,26,27,30)/b20-15-. The fraction of sp³-hybridized carbons (Fsp3) is 0.0417. The number of benzene rings is 3. The molecule has 1 aliphatic heterocycles. The topological polar surface area (TPSA) is 67.2 Å². The first-order valence-corrected chi connectivity index (χ1v) is 9.81. The lowest BCUT2D eigenvalue weighted by molar-refractivity contribution is -0.121. The van der Waals surface area contributed by atoms with E-state index in [-0.39, 0.29) is 11.2 Å². The number of halogens is 1. The first-order chi connectivity index (χ1) is 14.6. The summed E-state index contributed by atoms with van der Waals surface area (Å²) in [6.45, 7) is 0. The summed E-state index contributed by atoms with van der Waals surface area (Å²) in [5, 5.41) is 0.963. The summed E-state index contributed by atoms with van der Waals surface area (Å²) in [4.78, 5) is 34.1. The van der Waals surface area contributed by atoms with Crippen LogP contribution in [0.25, 0.3) is 6.08 Å². The molecular formula is C24H16ClN3O2. The fourth-order valence-corrected chi connectivity index (χ4v) is 4.09. The van der Waals surface area contributed by atoms with E-state index < -0.39 is 11.4 Å². The average molecular weight is 414 g/mol. The third-order valence-electron chi connectivity index (χ3n) is 5.31. The number of amides is 1. The van der Waals surface area contributed by atoms with Gasteiger partial charge in [0.25, 0.3) is 11.5 Å². The van der Waals surface area contributed by atoms with Crippen LogP contribution in [0.1, 0.15) is 16.7 Å². The number of rotatable bonds is 3. The lowest BCUT2D eigenvalue weighted by Crippen LogP contribution is -2.49. The van der Waals surface area contributed by atoms with Crippen LogP contribution >= 0.6 is 11.6 Å². The van der Waals surface area contributed by atoms with Gasteiger partial charge in [-0.15, -0.1) is 0 Å². The van der Waals surface area contributed by atoms with Crippen LogP contribution in [0, 0.1) is 0 Å². The smallest absolute Gasteiger partial charge is 0.284 e. The van der Waals surface area contributed by atoms with Crippen molar-refractivity contribution in [3.8, 4) is 0 Å². The van der Waals surface area contributed by atoms with Gasteiger partial charge in [0.05, 0.1) is 0 Å². The maximum Gasteiger partial charge on any atom is 0.284 e. The van der Waals surface area contributed by atoms with E-state index in [0.717, 1.165) is 5.56 Å². The number of carbonyl (C=O) groups is 1. The van der Waals surface area contributed by atoms with Crippen LogP contribution in [0.3, 0.4) is 0 Å². The van der Waals surface area contributed by atoms with Gasteiger partial charge < -0.3 is 4.98 Å². The van der Waals surface area contributed by atoms with Gasteiger partial charge in [-0.05, 0) is 34.9 Å². The molecule has 5 rings (SSSR count). The number of hydrogen-bond acceptors (Lipinski definition) is 2. The summed E-state index contributed by atoms with van der Waals surface area (Å²) >= 11 is 5.96. The van der Waals surface area contributed by atoms with E-state index >= 15 is 0 Å². The minimum atomic E-state index is -1.35. The number of aromatic nitrogens is 2. The fourth-order valence-electron chi connectivity index (χ4n) is 3.96. The van der Waals surface area contributed by atoms with Crippen molar-refractivity contribution in [1.82, 2.24) is 9.55 Å². The summed E-state index contributed by atoms with van der Waals surface area (Å²) in [6, 6.07) is 25.7. The molecule has 4 aromatic rings. The third-order valence-corrected chi connectivity index (χ3v) is 5.56. The van der Waals surface area contributed by atoms with Crippen LogP contribution in [-0.4, -0.2) is 15.5 Å². The van der Waals surface area contributed by atoms with Crippen molar-refractivity contribution in [2.24, 2.45) is 4.99 Å². The number of nitrogens with zero attached hydrogens (tertiary/aromatic N) is 2. The largest absolute Gasteiger partial charge is 0.321 e. The van der Waals surface area contributed by atoms with Crippen molar-refractivity contribution in [1.29, 1.82) is 0 Å². The van der Waals surface area contributed by atoms with E-state index in [1.165, 1.54) is 4.57 Å². The predicted octanol–water partition coefficient (Wildman–Crippen LogP) is 2.61. The van der Waals surface area contributed by atoms with Crippen molar-refractivity contribution in [2.75, 3.05) is 0 Å². The highest BCUT2D eigenvalue weighted by Crippen LogP contribution is 2.35. The minimum Gasteiger partial charge on any atom is -0.321 e. The van der Waals surface area contributed by atoms with Crippen LogP contribution in [0.5, 0.6) is 0 Å². The maximum absolute atomic E-state index is 13.5. The number of H-pyrrole nitrogens is 1. The molecular weight excluding hydrogens is 398 g/mol. The second kappa shape index (κ2) is 6.97. The minimum absolute atomic E-state index is 0.234. The number of imidazole rings is 1. The molecule has 1 aliphatic rings. The molecule has 1 amide bonds. The van der Waals surface area contributed by atoms with Crippen LogP contribution in [0.4, 0.5) is 0 Å². The van der Waals surface area contributed by atoms with E-state index in [2.05, 4.69) is 9.98 Å². The number of nitrogens with one attached hydrogen (secondary N) is 1. The van der Waals surface area contributed by atoms with Gasteiger partial charge in [0.2, 0.25) is 5.62 Å². The molecule has 0 unspecified atom stereocenters. The first-order valence-electron chi connectivity index (χ1n) is 9.44. The molecule has 6 heteroatoms. The summed E-state index contributed by atoms with van der Waals surface area (Å²) in [5.74, 6) is -0.402. The van der Waals surface area contributed by atoms with Crippen LogP contribution < -0.4 is 16.5 Å². The van der Waals surface area contributed by atoms with Crippen molar-refractivity contribution >= 4 is 23.6 Å². The molecule has 0 fully saturated rings. The lowest BCUT2D eigenvalue weighted by Gasteiger charge is -2.29. The highest BCUT2D eigenvalue weighted by Gasteiger charge is 2.49. The van der Waals surface area contributed by atoms with Gasteiger partial charge in [0.15, 0.2) is 5.54 Å². The summed E-state index contributed by atoms with van der Waals surface area (Å²) < 4.78 is 1.46. The van der Waals surface area contributed by atoms with Gasteiger partial charge in [0.1, 0.15) is 5.35 Å². The van der Waals surface area contributed by atoms with Gasteiger partial charge in [-0.1, -0.05) is 84.4 Å². The Morgan fingerprint density at radius 3 is 1.97 bits per heavy atom. The Morgan fingerprint density at radius 2 is 1.40 bits per heavy atom. The zero-order valence-corrected chi connectivity index (χ0v) is 16.5. The van der Waals surface area contributed by atoms with Crippen molar-refractivity contribution < 1.29 is 4.79 Å². The molecule has 3 aromatic carbocycles. The van der Waals surface area contributed by atoms with Crippen LogP contribution in [-0.2, 0) is 10.3 Å². The van der Waals surface area contributed by atoms with Crippen LogP contribution in [0.15, 0.2) is 94.7 Å². The molecule has 0 atom stereocenters. The molecule has 2 heterocycles. The molecule has 0 spiro atoms. The van der Waals surface area contributed by atoms with E-state index in [9.17, 15) is 9.59 Å². The number of hydrogen-bond donors (Lipinski definition) is 1. The molecule has 30 heavy (non-hydrogen) atoms. The van der Waals surface area contributed by atoms with Gasteiger partial charge >= 0.3 is 0 Å². The Labute approximate surface area is 176 Å². The van der Waals surface area contributed by atoms with Crippen molar-refractivity contribution in [3.63, 3.8) is 0 Å². The number of fused-ring (bicyclic) bond motifs is 1. The van der Waals surface area contributed by atoms with Gasteiger partial charge in [0, 0.05) is 5.02 Å². The SMILES string of the molecule is O=C1N=c2[nH]/c(=C\c3ccc(Cl)cc3)c(=O)n2C1(c1ccccc1)c1ccccc1. The van der Waals surface area contributed by atoms with Crippen molar-refractivity contribution in [2.45, 2.75) is 5.54 Å². The van der Waals surface area contributed by atoms with E-state index in [0.29, 0.717) is 21.5 Å². The quantitative estimate of drug-likeness (QED) is 0.561. The van der Waals surface area contributed by atoms with Gasteiger partial charge in [-0.2, -0.15) is 4.99 Å². The van der Waals surface area contributed by atoms with Crippen LogP contribution in [0.2, 0.25) is 5.02 Å². The third kappa shape index (κ3) is 2.67. The van der Waals surface area contributed by atoms with E-state index in [1.54, 1.807) is 18.2 Å². The monoisotopic (exact) mass is 413 g/mol. The first kappa shape index (κ1) is 18.3. The Hall–Kier alpha value is -3.70. The number of aromatic amines is 1. The zero-order chi connectivity index (χ0) is 20.7. The normalized spacial score (nSPS) is 15.1. The molecule has 0 bridgehead atoms. The molecule has 5 nitrogen and oxygen atoms in total. The van der Waals surface area contributed by atoms with Gasteiger partial charge in [-0.25, -0.2) is 0 Å². The summed E-state index contributed by atoms with van der Waals surface area (Å²) in [7, 11) is 0. The molecule has 146 valence electrons. The molecule has 0 radical (unpaired) electrons. The zero-order valence-electron chi connectivity index (χ0n) is 15.7. The maximum atomic E-state index is 13.5. The summed E-state index contributed by atoms with van der Waals surface area (Å²) in [5.41, 5.74) is 0.747. The number of carbonyl (C=O) groups excluding carboxylic acids is 1. The van der Waals surface area contributed by atoms with E-state index in [1.807, 2.05) is 72.8 Å². The van der Waals surface area contributed by atoms with E-state index in [4.69, 9.17) is 11.6 Å². The Morgan fingerprint density at radius 1 is 0.833 bits per heavy atom. The Kier molecular flexibility index (Phi) is 4.26. The van der Waals surface area contributed by atoms with Crippen molar-refractivity contribution in [3.05, 3.63) is 128 Å². The Balaban J connectivity index is 1.82. The highest BCUT2D eigenvalue weighted by molar-refractivity contribution is 6.30. The summed E-state index contributed by atoms with van der Waals surface area (Å²) in [6.07, 6.45) is 1.73. The molecule has 0 saturated heterocycles. The molecule has 0 saturated carbocycles. The average Bonchev–Trinajstić information content (AvgIpc) is 3.24. The van der Waals surface area contributed by atoms with Gasteiger partial charge in [-0.3, -0.25) is 14.2 Å². The lowest BCUT2D eigenvalue weighted by atomic mass is 9.82. The second-order valence-corrected chi connectivity index (χ2v) is 7.49. The Bertz CT molecular complexity index is 1380. The highest BCUT2D eigenvalue weighted by atomic mass is 35.5. The molecule has 1 N–H and O–H groups in total. The second-order valence-electron chi connectivity index (χ2n) is 7.06. The predicted molar refractivity (Wildman–Crippen MR) is 115 cm³/mol.